The van der Waals surface area contributed by atoms with Crippen LogP contribution in [-0.2, 0) is 9.53 Å². The first-order valence-corrected chi connectivity index (χ1v) is 6.44. The summed E-state index contributed by atoms with van der Waals surface area (Å²) < 4.78 is 5.07. The van der Waals surface area contributed by atoms with E-state index < -0.39 is 11.7 Å². The maximum Gasteiger partial charge on any atom is 0.407 e. The van der Waals surface area contributed by atoms with Crippen LogP contribution >= 0.6 is 0 Å². The van der Waals surface area contributed by atoms with E-state index in [0.29, 0.717) is 25.9 Å². The van der Waals surface area contributed by atoms with Crippen molar-refractivity contribution in [3.8, 4) is 12.3 Å². The monoisotopic (exact) mass is 268 g/mol. The molecule has 0 radical (unpaired) electrons. The number of carbonyl (C=O) groups is 2. The Morgan fingerprint density at radius 3 is 2.37 bits per heavy atom. The molecule has 1 unspecified atom stereocenters. The zero-order valence-electron chi connectivity index (χ0n) is 12.2. The molecule has 2 N–H and O–H groups in total. The highest BCUT2D eigenvalue weighted by Crippen LogP contribution is 2.06. The standard InChI is InChI=1S/C14H24N2O3/c1-6-11(2)10-12(17)15-8-7-9-16-13(18)19-14(3,4)5/h1,11H,7-10H2,2-5H3,(H,15,17)(H,16,18). The van der Waals surface area contributed by atoms with Crippen molar-refractivity contribution < 1.29 is 14.3 Å². The van der Waals surface area contributed by atoms with E-state index in [1.807, 2.05) is 6.92 Å². The van der Waals surface area contributed by atoms with Crippen LogP contribution in [0, 0.1) is 18.3 Å². The molecular formula is C14H24N2O3. The van der Waals surface area contributed by atoms with E-state index in [-0.39, 0.29) is 11.8 Å². The number of alkyl carbamates (subject to hydrolysis) is 1. The second kappa shape index (κ2) is 8.41. The molecule has 0 aliphatic heterocycles. The molecule has 0 fully saturated rings. The maximum atomic E-state index is 11.4. The molecule has 0 aromatic carbocycles. The first kappa shape index (κ1) is 17.3. The number of amides is 2. The lowest BCUT2D eigenvalue weighted by molar-refractivity contribution is -0.121. The number of ether oxygens (including phenoxy) is 1. The van der Waals surface area contributed by atoms with Crippen LogP contribution in [0.2, 0.25) is 0 Å². The fraction of sp³-hybridized carbons (Fsp3) is 0.714. The lowest BCUT2D eigenvalue weighted by Crippen LogP contribution is -2.34. The number of hydrogen-bond donors (Lipinski definition) is 2. The summed E-state index contributed by atoms with van der Waals surface area (Å²) in [6, 6.07) is 0. The van der Waals surface area contributed by atoms with E-state index in [0.717, 1.165) is 0 Å². The average molecular weight is 268 g/mol. The zero-order valence-corrected chi connectivity index (χ0v) is 12.2. The Bertz CT molecular complexity index is 340. The largest absolute Gasteiger partial charge is 0.444 e. The van der Waals surface area contributed by atoms with Crippen molar-refractivity contribution in [2.75, 3.05) is 13.1 Å². The molecule has 0 heterocycles. The number of hydrogen-bond acceptors (Lipinski definition) is 3. The molecule has 0 aromatic rings. The highest BCUT2D eigenvalue weighted by atomic mass is 16.6. The predicted octanol–water partition coefficient (Wildman–Crippen LogP) is 1.68. The summed E-state index contributed by atoms with van der Waals surface area (Å²) in [5.41, 5.74) is -0.496. The van der Waals surface area contributed by atoms with Crippen molar-refractivity contribution in [2.24, 2.45) is 5.92 Å². The Labute approximate surface area is 115 Å². The van der Waals surface area contributed by atoms with Gasteiger partial charge in [0.2, 0.25) is 5.91 Å². The molecule has 5 nitrogen and oxygen atoms in total. The third kappa shape index (κ3) is 11.1. The summed E-state index contributed by atoms with van der Waals surface area (Å²) in [5, 5.41) is 5.36. The summed E-state index contributed by atoms with van der Waals surface area (Å²) in [4.78, 5) is 22.7. The number of nitrogens with one attached hydrogen (secondary N) is 2. The molecule has 108 valence electrons. The van der Waals surface area contributed by atoms with Gasteiger partial charge < -0.3 is 15.4 Å². The Balaban J connectivity index is 3.58. The lowest BCUT2D eigenvalue weighted by atomic mass is 10.1. The van der Waals surface area contributed by atoms with Gasteiger partial charge in [-0.1, -0.05) is 6.92 Å². The molecule has 0 rings (SSSR count). The van der Waals surface area contributed by atoms with Gasteiger partial charge in [-0.3, -0.25) is 4.79 Å². The normalized spacial score (nSPS) is 12.2. The van der Waals surface area contributed by atoms with Crippen LogP contribution in [0.15, 0.2) is 0 Å². The van der Waals surface area contributed by atoms with Gasteiger partial charge >= 0.3 is 6.09 Å². The summed E-state index contributed by atoms with van der Waals surface area (Å²) >= 11 is 0. The van der Waals surface area contributed by atoms with E-state index in [4.69, 9.17) is 11.2 Å². The van der Waals surface area contributed by atoms with Gasteiger partial charge in [-0.25, -0.2) is 4.79 Å². The second-order valence-corrected chi connectivity index (χ2v) is 5.40. The van der Waals surface area contributed by atoms with Gasteiger partial charge in [0, 0.05) is 25.4 Å². The first-order chi connectivity index (χ1) is 8.74. The summed E-state index contributed by atoms with van der Waals surface area (Å²) in [7, 11) is 0. The Hall–Kier alpha value is -1.70. The van der Waals surface area contributed by atoms with Crippen molar-refractivity contribution in [3.05, 3.63) is 0 Å². The van der Waals surface area contributed by atoms with Gasteiger partial charge in [-0.2, -0.15) is 0 Å². The van der Waals surface area contributed by atoms with E-state index in [1.54, 1.807) is 20.8 Å². The topological polar surface area (TPSA) is 67.4 Å². The minimum Gasteiger partial charge on any atom is -0.444 e. The van der Waals surface area contributed by atoms with Crippen LogP contribution in [0.1, 0.15) is 40.5 Å². The SMILES string of the molecule is C#CC(C)CC(=O)NCCCNC(=O)OC(C)(C)C. The zero-order chi connectivity index (χ0) is 14.9. The van der Waals surface area contributed by atoms with Crippen LogP contribution in [0.4, 0.5) is 4.79 Å². The van der Waals surface area contributed by atoms with Crippen molar-refractivity contribution in [1.82, 2.24) is 10.6 Å². The van der Waals surface area contributed by atoms with Gasteiger partial charge in [-0.15, -0.1) is 12.3 Å². The number of terminal acetylenes is 1. The molecule has 1 atom stereocenters. The highest BCUT2D eigenvalue weighted by Gasteiger charge is 2.15. The lowest BCUT2D eigenvalue weighted by Gasteiger charge is -2.19. The van der Waals surface area contributed by atoms with Gasteiger partial charge in [0.1, 0.15) is 5.60 Å². The van der Waals surface area contributed by atoms with Gasteiger partial charge in [-0.05, 0) is 27.2 Å². The van der Waals surface area contributed by atoms with Crippen LogP contribution in [-0.4, -0.2) is 30.7 Å². The summed E-state index contributed by atoms with van der Waals surface area (Å²) in [6.45, 7) is 8.20. The summed E-state index contributed by atoms with van der Waals surface area (Å²) in [6.07, 6.45) is 5.72. The minimum atomic E-state index is -0.496. The summed E-state index contributed by atoms with van der Waals surface area (Å²) in [5.74, 6) is 2.38. The minimum absolute atomic E-state index is 0.0557. The third-order valence-electron chi connectivity index (χ3n) is 2.12. The molecule has 0 saturated carbocycles. The quantitative estimate of drug-likeness (QED) is 0.569. The van der Waals surface area contributed by atoms with E-state index in [9.17, 15) is 9.59 Å². The smallest absolute Gasteiger partial charge is 0.407 e. The average Bonchev–Trinajstić information content (AvgIpc) is 2.25. The van der Waals surface area contributed by atoms with E-state index >= 15 is 0 Å². The Morgan fingerprint density at radius 2 is 1.84 bits per heavy atom. The molecule has 0 saturated heterocycles. The van der Waals surface area contributed by atoms with Gasteiger partial charge in [0.05, 0.1) is 0 Å². The van der Waals surface area contributed by atoms with Crippen molar-refractivity contribution in [3.63, 3.8) is 0 Å². The highest BCUT2D eigenvalue weighted by molar-refractivity contribution is 5.76. The predicted molar refractivity (Wildman–Crippen MR) is 74.5 cm³/mol. The number of carbonyl (C=O) groups excluding carboxylic acids is 2. The molecule has 5 heteroatoms. The third-order valence-corrected chi connectivity index (χ3v) is 2.12. The second-order valence-electron chi connectivity index (χ2n) is 5.40. The van der Waals surface area contributed by atoms with Crippen molar-refractivity contribution in [1.29, 1.82) is 0 Å². The van der Waals surface area contributed by atoms with Gasteiger partial charge in [0.25, 0.3) is 0 Å². The fourth-order valence-electron chi connectivity index (χ4n) is 1.23. The van der Waals surface area contributed by atoms with E-state index in [1.165, 1.54) is 0 Å². The number of rotatable bonds is 6. The molecule has 2 amide bonds. The van der Waals surface area contributed by atoms with Crippen LogP contribution < -0.4 is 10.6 Å². The van der Waals surface area contributed by atoms with Crippen molar-refractivity contribution in [2.45, 2.75) is 46.1 Å². The molecular weight excluding hydrogens is 244 g/mol. The van der Waals surface area contributed by atoms with Crippen LogP contribution in [0.25, 0.3) is 0 Å². The van der Waals surface area contributed by atoms with Crippen LogP contribution in [0.5, 0.6) is 0 Å². The Kier molecular flexibility index (Phi) is 7.66. The van der Waals surface area contributed by atoms with Crippen LogP contribution in [0.3, 0.4) is 0 Å². The molecule has 0 aliphatic carbocycles. The van der Waals surface area contributed by atoms with Crippen molar-refractivity contribution >= 4 is 12.0 Å². The molecule has 0 aromatic heterocycles. The molecule has 0 spiro atoms. The molecule has 19 heavy (non-hydrogen) atoms. The fourth-order valence-corrected chi connectivity index (χ4v) is 1.23. The first-order valence-electron chi connectivity index (χ1n) is 6.44. The maximum absolute atomic E-state index is 11.4. The van der Waals surface area contributed by atoms with E-state index in [2.05, 4.69) is 16.6 Å². The Morgan fingerprint density at radius 1 is 1.26 bits per heavy atom. The molecule has 0 aliphatic rings. The molecule has 0 bridgehead atoms. The van der Waals surface area contributed by atoms with Gasteiger partial charge in [0.15, 0.2) is 0 Å².